The molecule has 1 aliphatic rings. The minimum atomic E-state index is -0.0902. The Balaban J connectivity index is 1.68. The van der Waals surface area contributed by atoms with Gasteiger partial charge in [0, 0.05) is 49.5 Å². The maximum absolute atomic E-state index is 12.1. The van der Waals surface area contributed by atoms with Crippen molar-refractivity contribution in [1.29, 1.82) is 0 Å². The molecule has 1 aromatic carbocycles. The number of hydrogen-bond acceptors (Lipinski definition) is 7. The molecule has 1 N–H and O–H groups in total. The van der Waals surface area contributed by atoms with Crippen LogP contribution in [0.5, 0.6) is 0 Å². The summed E-state index contributed by atoms with van der Waals surface area (Å²) in [5, 5.41) is 3.61. The Labute approximate surface area is 188 Å². The lowest BCUT2D eigenvalue weighted by Gasteiger charge is -2.29. The summed E-state index contributed by atoms with van der Waals surface area (Å²) in [4.78, 5) is 24.0. The second-order valence-electron chi connectivity index (χ2n) is 8.48. The summed E-state index contributed by atoms with van der Waals surface area (Å²) in [6.07, 6.45) is 0. The topological polar surface area (TPSA) is 76.6 Å². The van der Waals surface area contributed by atoms with E-state index < -0.39 is 0 Å². The van der Waals surface area contributed by atoms with E-state index in [9.17, 15) is 4.79 Å². The lowest BCUT2D eigenvalue weighted by molar-refractivity contribution is 0.0937. The van der Waals surface area contributed by atoms with Gasteiger partial charge in [0.05, 0.1) is 25.5 Å². The summed E-state index contributed by atoms with van der Waals surface area (Å²) in [5.41, 5.74) is 2.74. The first kappa shape index (κ1) is 23.5. The van der Waals surface area contributed by atoms with Gasteiger partial charge in [0.15, 0.2) is 5.16 Å². The van der Waals surface area contributed by atoms with Gasteiger partial charge in [0.25, 0.3) is 5.91 Å². The first-order chi connectivity index (χ1) is 14.9. The Morgan fingerprint density at radius 1 is 1.19 bits per heavy atom. The van der Waals surface area contributed by atoms with Gasteiger partial charge in [0.2, 0.25) is 0 Å². The van der Waals surface area contributed by atoms with Crippen LogP contribution in [-0.2, 0) is 20.6 Å². The molecule has 31 heavy (non-hydrogen) atoms. The molecule has 3 rings (SSSR count). The van der Waals surface area contributed by atoms with E-state index in [2.05, 4.69) is 37.1 Å². The smallest absolute Gasteiger partial charge is 0.251 e. The van der Waals surface area contributed by atoms with E-state index in [1.807, 2.05) is 24.3 Å². The highest BCUT2D eigenvalue weighted by Gasteiger charge is 2.21. The number of methoxy groups -OCH3 is 1. The van der Waals surface area contributed by atoms with Crippen molar-refractivity contribution in [3.63, 3.8) is 0 Å². The molecule has 2 heterocycles. The quantitative estimate of drug-likeness (QED) is 0.380. The van der Waals surface area contributed by atoms with Crippen LogP contribution < -0.4 is 10.2 Å². The Morgan fingerprint density at radius 2 is 1.90 bits per heavy atom. The van der Waals surface area contributed by atoms with Crippen LogP contribution in [0.4, 0.5) is 5.82 Å². The molecular formula is C23H32N4O3S. The molecule has 7 nitrogen and oxygen atoms in total. The van der Waals surface area contributed by atoms with Gasteiger partial charge in [-0.25, -0.2) is 9.97 Å². The summed E-state index contributed by atoms with van der Waals surface area (Å²) in [7, 11) is 1.61. The third-order valence-electron chi connectivity index (χ3n) is 4.97. The van der Waals surface area contributed by atoms with Crippen LogP contribution >= 0.6 is 11.8 Å². The van der Waals surface area contributed by atoms with Gasteiger partial charge >= 0.3 is 0 Å². The number of ether oxygens (including phenoxy) is 2. The third kappa shape index (κ3) is 6.92. The van der Waals surface area contributed by atoms with Crippen LogP contribution in [0.3, 0.4) is 0 Å². The normalized spacial score (nSPS) is 14.5. The van der Waals surface area contributed by atoms with E-state index in [1.54, 1.807) is 18.9 Å². The lowest BCUT2D eigenvalue weighted by atomic mass is 9.92. The molecule has 0 spiro atoms. The van der Waals surface area contributed by atoms with Crippen molar-refractivity contribution in [2.75, 3.05) is 51.5 Å². The predicted molar refractivity (Wildman–Crippen MR) is 124 cm³/mol. The summed E-state index contributed by atoms with van der Waals surface area (Å²) in [6.45, 7) is 10.7. The average Bonchev–Trinajstić information content (AvgIpc) is 2.78. The molecule has 1 aromatic heterocycles. The second kappa shape index (κ2) is 10.9. The fraction of sp³-hybridized carbons (Fsp3) is 0.522. The van der Waals surface area contributed by atoms with Crippen molar-refractivity contribution < 1.29 is 14.3 Å². The Kier molecular flexibility index (Phi) is 8.28. The van der Waals surface area contributed by atoms with Crippen molar-refractivity contribution in [3.05, 3.63) is 47.2 Å². The van der Waals surface area contributed by atoms with E-state index in [0.717, 1.165) is 54.3 Å². The molecule has 2 aromatic rings. The Bertz CT molecular complexity index is 862. The maximum atomic E-state index is 12.1. The molecule has 8 heteroatoms. The van der Waals surface area contributed by atoms with Gasteiger partial charge in [-0.2, -0.15) is 0 Å². The van der Waals surface area contributed by atoms with Crippen LogP contribution in [0.2, 0.25) is 0 Å². The first-order valence-electron chi connectivity index (χ1n) is 10.6. The van der Waals surface area contributed by atoms with Crippen molar-refractivity contribution >= 4 is 23.5 Å². The monoisotopic (exact) mass is 444 g/mol. The van der Waals surface area contributed by atoms with Crippen molar-refractivity contribution in [2.45, 2.75) is 37.1 Å². The number of nitrogens with one attached hydrogen (secondary N) is 1. The third-order valence-corrected chi connectivity index (χ3v) is 5.89. The lowest BCUT2D eigenvalue weighted by Crippen LogP contribution is -2.37. The summed E-state index contributed by atoms with van der Waals surface area (Å²) >= 11 is 1.62. The number of hydrogen-bond donors (Lipinski definition) is 1. The second-order valence-corrected chi connectivity index (χ2v) is 9.42. The van der Waals surface area contributed by atoms with Crippen LogP contribution in [0.1, 0.15) is 42.4 Å². The van der Waals surface area contributed by atoms with Crippen molar-refractivity contribution in [3.8, 4) is 0 Å². The highest BCUT2D eigenvalue weighted by Crippen LogP contribution is 2.28. The summed E-state index contributed by atoms with van der Waals surface area (Å²) < 4.78 is 10.4. The van der Waals surface area contributed by atoms with Crippen LogP contribution in [0.25, 0.3) is 0 Å². The zero-order valence-electron chi connectivity index (χ0n) is 18.8. The SMILES string of the molecule is COCCNC(=O)c1ccc(CSc2nc(N3CCOCC3)cc(C(C)(C)C)n2)cc1. The van der Waals surface area contributed by atoms with Gasteiger partial charge in [-0.05, 0) is 17.7 Å². The average molecular weight is 445 g/mol. The van der Waals surface area contributed by atoms with Crippen LogP contribution in [0, 0.1) is 0 Å². The molecule has 1 saturated heterocycles. The number of amides is 1. The first-order valence-corrected chi connectivity index (χ1v) is 11.6. The molecule has 1 aliphatic heterocycles. The van der Waals surface area contributed by atoms with E-state index in [1.165, 1.54) is 0 Å². The van der Waals surface area contributed by atoms with Gasteiger partial charge < -0.3 is 19.7 Å². The zero-order chi connectivity index (χ0) is 22.3. The van der Waals surface area contributed by atoms with Crippen LogP contribution in [-0.4, -0.2) is 62.4 Å². The molecule has 0 unspecified atom stereocenters. The minimum absolute atomic E-state index is 0.0584. The molecule has 0 bridgehead atoms. The number of nitrogens with zero attached hydrogens (tertiary/aromatic N) is 3. The highest BCUT2D eigenvalue weighted by atomic mass is 32.2. The van der Waals surface area contributed by atoms with Crippen molar-refractivity contribution in [2.24, 2.45) is 0 Å². The molecule has 0 aliphatic carbocycles. The number of rotatable bonds is 8. The minimum Gasteiger partial charge on any atom is -0.383 e. The summed E-state index contributed by atoms with van der Waals surface area (Å²) in [5.74, 6) is 1.61. The van der Waals surface area contributed by atoms with Crippen molar-refractivity contribution in [1.82, 2.24) is 15.3 Å². The highest BCUT2D eigenvalue weighted by molar-refractivity contribution is 7.98. The maximum Gasteiger partial charge on any atom is 0.251 e. The number of morpholine rings is 1. The number of aromatic nitrogens is 2. The predicted octanol–water partition coefficient (Wildman–Crippen LogP) is 3.28. The Morgan fingerprint density at radius 3 is 2.55 bits per heavy atom. The molecule has 0 saturated carbocycles. The fourth-order valence-corrected chi connectivity index (χ4v) is 3.89. The number of carbonyl (C=O) groups excluding carboxylic acids is 1. The van der Waals surface area contributed by atoms with Gasteiger partial charge in [-0.1, -0.05) is 44.7 Å². The molecule has 0 radical (unpaired) electrons. The van der Waals surface area contributed by atoms with E-state index in [-0.39, 0.29) is 11.3 Å². The zero-order valence-corrected chi connectivity index (χ0v) is 19.6. The van der Waals surface area contributed by atoms with Gasteiger partial charge in [0.1, 0.15) is 5.82 Å². The van der Waals surface area contributed by atoms with Gasteiger partial charge in [-0.3, -0.25) is 4.79 Å². The van der Waals surface area contributed by atoms with Gasteiger partial charge in [-0.15, -0.1) is 0 Å². The largest absolute Gasteiger partial charge is 0.383 e. The molecule has 1 fully saturated rings. The van der Waals surface area contributed by atoms with Crippen LogP contribution in [0.15, 0.2) is 35.5 Å². The molecule has 168 valence electrons. The van der Waals surface area contributed by atoms with E-state index in [0.29, 0.717) is 18.7 Å². The molecule has 0 atom stereocenters. The number of carbonyl (C=O) groups is 1. The summed E-state index contributed by atoms with van der Waals surface area (Å²) in [6, 6.07) is 9.77. The molecular weight excluding hydrogens is 412 g/mol. The molecule has 1 amide bonds. The van der Waals surface area contributed by atoms with E-state index in [4.69, 9.17) is 19.4 Å². The van der Waals surface area contributed by atoms with E-state index >= 15 is 0 Å². The number of thioether (sulfide) groups is 1. The standard InChI is InChI=1S/C23H32N4O3S/c1-23(2,3)19-15-20(27-10-13-30-14-11-27)26-22(25-19)31-16-17-5-7-18(8-6-17)21(28)24-9-12-29-4/h5-8,15H,9-14,16H2,1-4H3,(H,24,28). The number of anilines is 1. The number of benzene rings is 1. The fourth-order valence-electron chi connectivity index (χ4n) is 3.08. The Hall–Kier alpha value is -2.16.